The van der Waals surface area contributed by atoms with Crippen LogP contribution in [-0.4, -0.2) is 20.2 Å². The predicted octanol–water partition coefficient (Wildman–Crippen LogP) is 6.79. The normalized spacial score (nSPS) is 45.7. The van der Waals surface area contributed by atoms with E-state index >= 15 is 0 Å². The first-order chi connectivity index (χ1) is 13.5. The lowest BCUT2D eigenvalue weighted by atomic mass is 9.47. The minimum Gasteiger partial charge on any atom is -0.414 e. The van der Waals surface area contributed by atoms with Gasteiger partial charge in [-0.1, -0.05) is 38.5 Å². The molecule has 0 bridgehead atoms. The number of hydrogen-bond acceptors (Lipinski definition) is 2. The molecule has 0 aromatic carbocycles. The van der Waals surface area contributed by atoms with Gasteiger partial charge in [-0.25, -0.2) is 0 Å². The molecule has 3 heteroatoms. The molecular formula is C26H42O2Si. The Morgan fingerprint density at radius 1 is 1.17 bits per heavy atom. The number of allylic oxidation sites excluding steroid dienone is 2. The third kappa shape index (κ3) is 3.45. The van der Waals surface area contributed by atoms with Crippen LogP contribution in [0.15, 0.2) is 24.3 Å². The minimum atomic E-state index is -1.49. The SMILES string of the molecule is C=C[C@@H](C)[C@H]1C(=O)CC2C3CC=C4C[C@@H](O[Si](C)(C)C)CC[C@]4(C)C3CC[C@@]21C. The monoisotopic (exact) mass is 414 g/mol. The van der Waals surface area contributed by atoms with Crippen molar-refractivity contribution in [3.8, 4) is 0 Å². The van der Waals surface area contributed by atoms with Gasteiger partial charge in [0.05, 0.1) is 0 Å². The lowest BCUT2D eigenvalue weighted by Crippen LogP contribution is -2.51. The van der Waals surface area contributed by atoms with E-state index in [-0.39, 0.29) is 11.3 Å². The second-order valence-electron chi connectivity index (χ2n) is 12.1. The van der Waals surface area contributed by atoms with Gasteiger partial charge in [0.1, 0.15) is 5.78 Å². The molecule has 0 radical (unpaired) electrons. The molecule has 4 aliphatic rings. The summed E-state index contributed by atoms with van der Waals surface area (Å²) in [6, 6.07) is 0. The van der Waals surface area contributed by atoms with Gasteiger partial charge in [-0.3, -0.25) is 4.79 Å². The van der Waals surface area contributed by atoms with Gasteiger partial charge in [0.15, 0.2) is 8.32 Å². The number of hydrogen-bond donors (Lipinski definition) is 0. The summed E-state index contributed by atoms with van der Waals surface area (Å²) in [5.74, 6) is 2.99. The Morgan fingerprint density at radius 3 is 2.55 bits per heavy atom. The first-order valence-electron chi connectivity index (χ1n) is 12.0. The summed E-state index contributed by atoms with van der Waals surface area (Å²) in [7, 11) is -1.49. The molecule has 0 heterocycles. The van der Waals surface area contributed by atoms with Crippen LogP contribution in [0, 0.1) is 40.4 Å². The van der Waals surface area contributed by atoms with Crippen LogP contribution in [0.25, 0.3) is 0 Å². The number of fused-ring (bicyclic) bond motifs is 5. The fourth-order valence-corrected chi connectivity index (χ4v) is 9.29. The van der Waals surface area contributed by atoms with Crippen molar-refractivity contribution in [3.63, 3.8) is 0 Å². The Balaban J connectivity index is 1.59. The Hall–Kier alpha value is -0.673. The number of Topliss-reactive ketones (excluding diaryl/α,β-unsaturated/α-hetero) is 1. The highest BCUT2D eigenvalue weighted by Gasteiger charge is 2.61. The van der Waals surface area contributed by atoms with Crippen molar-refractivity contribution in [1.29, 1.82) is 0 Å². The lowest BCUT2D eigenvalue weighted by molar-refractivity contribution is -0.123. The Bertz CT molecular complexity index is 719. The fourth-order valence-electron chi connectivity index (χ4n) is 8.09. The number of carbonyl (C=O) groups excluding carboxylic acids is 1. The standard InChI is InChI=1S/C26H42O2Si/c1-8-17(2)24-23(27)16-22-20-10-9-18-15-19(28-29(5,6)7)11-13-25(18,3)21(20)12-14-26(22,24)4/h8-9,17,19-22,24H,1,10-16H2,2-7H3/t17-,19+,20?,21?,22?,24+,25+,26+/m1/s1. The Labute approximate surface area is 179 Å². The second-order valence-corrected chi connectivity index (χ2v) is 16.6. The molecule has 0 spiro atoms. The highest BCUT2D eigenvalue weighted by Crippen LogP contribution is 2.66. The zero-order valence-electron chi connectivity index (χ0n) is 19.6. The van der Waals surface area contributed by atoms with Gasteiger partial charge in [-0.2, -0.15) is 0 Å². The summed E-state index contributed by atoms with van der Waals surface area (Å²) < 4.78 is 6.50. The first kappa shape index (κ1) is 21.6. The van der Waals surface area contributed by atoms with E-state index in [0.717, 1.165) is 18.8 Å². The molecule has 29 heavy (non-hydrogen) atoms. The summed E-state index contributed by atoms with van der Waals surface area (Å²) in [4.78, 5) is 13.1. The molecule has 0 aromatic rings. The van der Waals surface area contributed by atoms with Crippen molar-refractivity contribution in [1.82, 2.24) is 0 Å². The predicted molar refractivity (Wildman–Crippen MR) is 123 cm³/mol. The molecule has 0 amide bonds. The third-order valence-electron chi connectivity index (χ3n) is 9.39. The molecule has 4 rings (SSSR count). The van der Waals surface area contributed by atoms with Crippen LogP contribution in [-0.2, 0) is 9.22 Å². The van der Waals surface area contributed by atoms with E-state index in [4.69, 9.17) is 4.43 Å². The maximum atomic E-state index is 13.1. The topological polar surface area (TPSA) is 26.3 Å². The van der Waals surface area contributed by atoms with Gasteiger partial charge in [-0.05, 0) is 92.7 Å². The van der Waals surface area contributed by atoms with Gasteiger partial charge in [0, 0.05) is 18.4 Å². The quantitative estimate of drug-likeness (QED) is 0.374. The molecule has 0 N–H and O–H groups in total. The molecule has 8 atom stereocenters. The largest absolute Gasteiger partial charge is 0.414 e. The fraction of sp³-hybridized carbons (Fsp3) is 0.808. The van der Waals surface area contributed by atoms with Crippen LogP contribution < -0.4 is 0 Å². The smallest absolute Gasteiger partial charge is 0.184 e. The van der Waals surface area contributed by atoms with E-state index in [0.29, 0.717) is 35.1 Å². The van der Waals surface area contributed by atoms with Gasteiger partial charge in [-0.15, -0.1) is 6.58 Å². The lowest BCUT2D eigenvalue weighted by Gasteiger charge is -2.58. The average molecular weight is 415 g/mol. The van der Waals surface area contributed by atoms with Gasteiger partial charge >= 0.3 is 0 Å². The third-order valence-corrected chi connectivity index (χ3v) is 10.4. The summed E-state index contributed by atoms with van der Waals surface area (Å²) in [5.41, 5.74) is 2.18. The van der Waals surface area contributed by atoms with Gasteiger partial charge < -0.3 is 4.43 Å². The Morgan fingerprint density at radius 2 is 1.90 bits per heavy atom. The van der Waals surface area contributed by atoms with Crippen LogP contribution in [0.1, 0.15) is 65.7 Å². The second kappa shape index (κ2) is 7.19. The van der Waals surface area contributed by atoms with Crippen molar-refractivity contribution >= 4 is 14.1 Å². The molecular weight excluding hydrogens is 372 g/mol. The Kier molecular flexibility index (Phi) is 5.34. The maximum Gasteiger partial charge on any atom is 0.184 e. The van der Waals surface area contributed by atoms with Crippen molar-refractivity contribution in [2.75, 3.05) is 0 Å². The van der Waals surface area contributed by atoms with Crippen LogP contribution in [0.2, 0.25) is 19.6 Å². The summed E-state index contributed by atoms with van der Waals surface area (Å²) in [5, 5.41) is 0. The van der Waals surface area contributed by atoms with E-state index in [9.17, 15) is 4.79 Å². The molecule has 0 saturated heterocycles. The first-order valence-corrected chi connectivity index (χ1v) is 15.4. The van der Waals surface area contributed by atoms with Crippen molar-refractivity contribution in [3.05, 3.63) is 24.3 Å². The van der Waals surface area contributed by atoms with Crippen molar-refractivity contribution < 1.29 is 9.22 Å². The van der Waals surface area contributed by atoms with Crippen LogP contribution in [0.3, 0.4) is 0 Å². The van der Waals surface area contributed by atoms with E-state index in [1.54, 1.807) is 5.57 Å². The molecule has 2 nitrogen and oxygen atoms in total. The summed E-state index contributed by atoms with van der Waals surface area (Å²) in [6.45, 7) is 18.1. The van der Waals surface area contributed by atoms with E-state index in [1.807, 2.05) is 6.08 Å². The van der Waals surface area contributed by atoms with Crippen LogP contribution >= 0.6 is 0 Å². The molecule has 4 aliphatic carbocycles. The summed E-state index contributed by atoms with van der Waals surface area (Å²) in [6.07, 6.45) is 13.1. The van der Waals surface area contributed by atoms with Crippen molar-refractivity contribution in [2.45, 2.75) is 91.5 Å². The number of ketones is 1. The number of carbonyl (C=O) groups is 1. The zero-order chi connectivity index (χ0) is 21.2. The van der Waals surface area contributed by atoms with Crippen LogP contribution in [0.5, 0.6) is 0 Å². The van der Waals surface area contributed by atoms with E-state index < -0.39 is 8.32 Å². The molecule has 3 fully saturated rings. The minimum absolute atomic E-state index is 0.172. The maximum absolute atomic E-state index is 13.1. The molecule has 0 aromatic heterocycles. The van der Waals surface area contributed by atoms with Crippen molar-refractivity contribution in [2.24, 2.45) is 40.4 Å². The highest BCUT2D eigenvalue weighted by atomic mass is 28.4. The molecule has 3 unspecified atom stereocenters. The molecule has 162 valence electrons. The molecule has 0 aliphatic heterocycles. The van der Waals surface area contributed by atoms with Gasteiger partial charge in [0.2, 0.25) is 0 Å². The average Bonchev–Trinajstić information content (AvgIpc) is 2.90. The highest BCUT2D eigenvalue weighted by molar-refractivity contribution is 6.69. The van der Waals surface area contributed by atoms with Gasteiger partial charge in [0.25, 0.3) is 0 Å². The number of rotatable bonds is 4. The van der Waals surface area contributed by atoms with Crippen LogP contribution in [0.4, 0.5) is 0 Å². The summed E-state index contributed by atoms with van der Waals surface area (Å²) >= 11 is 0. The van der Waals surface area contributed by atoms with E-state index in [1.165, 1.54) is 32.1 Å². The zero-order valence-corrected chi connectivity index (χ0v) is 20.6. The molecule has 3 saturated carbocycles. The van der Waals surface area contributed by atoms with E-state index in [2.05, 4.69) is 53.1 Å².